The average Bonchev–Trinajstić information content (AvgIpc) is 3.12. The van der Waals surface area contributed by atoms with Gasteiger partial charge in [-0.05, 0) is 45.7 Å². The second-order valence-corrected chi connectivity index (χ2v) is 9.12. The first-order chi connectivity index (χ1) is 11.5. The van der Waals surface area contributed by atoms with Gasteiger partial charge in [0.15, 0.2) is 5.76 Å². The van der Waals surface area contributed by atoms with Crippen LogP contribution in [-0.4, -0.2) is 32.3 Å². The number of carbonyl (C=O) groups is 2. The third-order valence-corrected chi connectivity index (χ3v) is 5.81. The minimum Gasteiger partial charge on any atom is -0.438 e. The van der Waals surface area contributed by atoms with Crippen molar-refractivity contribution in [3.05, 3.63) is 17.9 Å². The molecule has 1 aromatic rings. The highest BCUT2D eigenvalue weighted by molar-refractivity contribution is 7.89. The Morgan fingerprint density at radius 1 is 1.24 bits per heavy atom. The molecule has 1 aromatic heterocycles. The lowest BCUT2D eigenvalue weighted by Gasteiger charge is -2.24. The van der Waals surface area contributed by atoms with E-state index in [1.807, 2.05) is 0 Å². The van der Waals surface area contributed by atoms with E-state index in [0.29, 0.717) is 12.8 Å². The molecule has 1 heterocycles. The Morgan fingerprint density at radius 3 is 2.36 bits per heavy atom. The van der Waals surface area contributed by atoms with Gasteiger partial charge in [-0.1, -0.05) is 12.8 Å². The first-order valence-corrected chi connectivity index (χ1v) is 9.65. The number of nitrogens with two attached hydrogens (primary N) is 1. The molecule has 0 bridgehead atoms. The van der Waals surface area contributed by atoms with Gasteiger partial charge in [-0.25, -0.2) is 13.1 Å². The van der Waals surface area contributed by atoms with Crippen LogP contribution < -0.4 is 15.8 Å². The van der Waals surface area contributed by atoms with Crippen molar-refractivity contribution in [2.24, 2.45) is 11.1 Å². The molecule has 9 heteroatoms. The molecule has 0 radical (unpaired) electrons. The monoisotopic (exact) mass is 371 g/mol. The Hall–Kier alpha value is -1.87. The molecular formula is C16H25N3O5S. The molecule has 2 rings (SSSR count). The third-order valence-electron chi connectivity index (χ3n) is 4.18. The molecule has 0 saturated heterocycles. The zero-order chi connectivity index (χ0) is 18.9. The number of carbonyl (C=O) groups excluding carboxylic acids is 2. The summed E-state index contributed by atoms with van der Waals surface area (Å²) in [6.45, 7) is 5.22. The van der Waals surface area contributed by atoms with Crippen LogP contribution in [0.5, 0.6) is 0 Å². The SMILES string of the molecule is CC(C)(C)NS(=O)(=O)c1ccc(C(=O)NCC2(C(N)=O)CCCC2)o1. The van der Waals surface area contributed by atoms with Crippen LogP contribution in [0.2, 0.25) is 0 Å². The van der Waals surface area contributed by atoms with Crippen molar-refractivity contribution in [3.8, 4) is 0 Å². The normalized spacial score (nSPS) is 17.4. The van der Waals surface area contributed by atoms with Crippen LogP contribution >= 0.6 is 0 Å². The molecule has 8 nitrogen and oxygen atoms in total. The smallest absolute Gasteiger partial charge is 0.287 e. The van der Waals surface area contributed by atoms with Crippen molar-refractivity contribution < 1.29 is 22.4 Å². The van der Waals surface area contributed by atoms with E-state index in [0.717, 1.165) is 12.8 Å². The molecule has 4 N–H and O–H groups in total. The maximum absolute atomic E-state index is 12.2. The molecule has 25 heavy (non-hydrogen) atoms. The molecule has 1 fully saturated rings. The van der Waals surface area contributed by atoms with E-state index >= 15 is 0 Å². The molecule has 0 aliphatic heterocycles. The fraction of sp³-hybridized carbons (Fsp3) is 0.625. The standard InChI is InChI=1S/C16H25N3O5S/c1-15(2,3)19-25(22,23)12-7-6-11(24-12)13(20)18-10-16(14(17)21)8-4-5-9-16/h6-7,19H,4-5,8-10H2,1-3H3,(H2,17,21)(H,18,20). The van der Waals surface area contributed by atoms with E-state index in [4.69, 9.17) is 10.2 Å². The summed E-state index contributed by atoms with van der Waals surface area (Å²) in [5, 5.41) is 2.29. The summed E-state index contributed by atoms with van der Waals surface area (Å²) in [6.07, 6.45) is 3.05. The molecule has 1 saturated carbocycles. The highest BCUT2D eigenvalue weighted by Crippen LogP contribution is 2.37. The van der Waals surface area contributed by atoms with E-state index in [-0.39, 0.29) is 17.4 Å². The van der Waals surface area contributed by atoms with Crippen molar-refractivity contribution in [2.45, 2.75) is 57.1 Å². The number of hydrogen-bond donors (Lipinski definition) is 3. The largest absolute Gasteiger partial charge is 0.438 e. The van der Waals surface area contributed by atoms with Crippen molar-refractivity contribution in [1.29, 1.82) is 0 Å². The van der Waals surface area contributed by atoms with Crippen LogP contribution in [-0.2, 0) is 14.8 Å². The topological polar surface area (TPSA) is 132 Å². The summed E-state index contributed by atoms with van der Waals surface area (Å²) < 4.78 is 32.0. The van der Waals surface area contributed by atoms with Gasteiger partial charge < -0.3 is 15.5 Å². The zero-order valence-electron chi connectivity index (χ0n) is 14.7. The predicted octanol–water partition coefficient (Wildman–Crippen LogP) is 1.13. The highest BCUT2D eigenvalue weighted by Gasteiger charge is 2.40. The third kappa shape index (κ3) is 4.60. The van der Waals surface area contributed by atoms with Gasteiger partial charge in [0.2, 0.25) is 11.0 Å². The first-order valence-electron chi connectivity index (χ1n) is 8.17. The summed E-state index contributed by atoms with van der Waals surface area (Å²) in [7, 11) is -3.86. The molecule has 2 amide bonds. The van der Waals surface area contributed by atoms with Gasteiger partial charge in [0, 0.05) is 12.1 Å². The molecule has 1 aliphatic rings. The van der Waals surface area contributed by atoms with E-state index in [2.05, 4.69) is 10.0 Å². The Morgan fingerprint density at radius 2 is 1.84 bits per heavy atom. The van der Waals surface area contributed by atoms with Crippen molar-refractivity contribution in [3.63, 3.8) is 0 Å². The number of hydrogen-bond acceptors (Lipinski definition) is 5. The number of primary amides is 1. The number of amides is 2. The number of rotatable bonds is 6. The van der Waals surface area contributed by atoms with Gasteiger partial charge in [-0.2, -0.15) is 0 Å². The molecule has 0 spiro atoms. The van der Waals surface area contributed by atoms with Gasteiger partial charge in [-0.3, -0.25) is 9.59 Å². The second kappa shape index (κ2) is 6.80. The van der Waals surface area contributed by atoms with Crippen LogP contribution in [0.4, 0.5) is 0 Å². The summed E-state index contributed by atoms with van der Waals surface area (Å²) >= 11 is 0. The Kier molecular flexibility index (Phi) is 5.29. The average molecular weight is 371 g/mol. The zero-order valence-corrected chi connectivity index (χ0v) is 15.5. The summed E-state index contributed by atoms with van der Waals surface area (Å²) in [6, 6.07) is 2.51. The lowest BCUT2D eigenvalue weighted by atomic mass is 9.85. The molecule has 0 unspecified atom stereocenters. The molecule has 140 valence electrons. The fourth-order valence-electron chi connectivity index (χ4n) is 2.94. The fourth-order valence-corrected chi connectivity index (χ4v) is 4.29. The van der Waals surface area contributed by atoms with Crippen LogP contribution in [0.15, 0.2) is 21.6 Å². The van der Waals surface area contributed by atoms with Crippen molar-refractivity contribution in [1.82, 2.24) is 10.0 Å². The van der Waals surface area contributed by atoms with Crippen molar-refractivity contribution in [2.75, 3.05) is 6.54 Å². The van der Waals surface area contributed by atoms with Crippen LogP contribution in [0, 0.1) is 5.41 Å². The Bertz CT molecular complexity index is 755. The van der Waals surface area contributed by atoms with Gasteiger partial charge >= 0.3 is 0 Å². The maximum atomic E-state index is 12.2. The number of nitrogens with one attached hydrogen (secondary N) is 2. The molecule has 0 aromatic carbocycles. The van der Waals surface area contributed by atoms with Gasteiger partial charge in [-0.15, -0.1) is 0 Å². The molecular weight excluding hydrogens is 346 g/mol. The van der Waals surface area contributed by atoms with Crippen LogP contribution in [0.3, 0.4) is 0 Å². The van der Waals surface area contributed by atoms with E-state index < -0.39 is 32.8 Å². The lowest BCUT2D eigenvalue weighted by Crippen LogP contribution is -2.44. The summed E-state index contributed by atoms with van der Waals surface area (Å²) in [5.74, 6) is -1.14. The predicted molar refractivity (Wildman–Crippen MR) is 91.2 cm³/mol. The Balaban J connectivity index is 2.07. The lowest BCUT2D eigenvalue weighted by molar-refractivity contribution is -0.127. The van der Waals surface area contributed by atoms with E-state index in [1.54, 1.807) is 20.8 Å². The van der Waals surface area contributed by atoms with Gasteiger partial charge in [0.1, 0.15) is 0 Å². The minimum absolute atomic E-state index is 0.115. The highest BCUT2D eigenvalue weighted by atomic mass is 32.2. The molecule has 1 aliphatic carbocycles. The second-order valence-electron chi connectivity index (χ2n) is 7.51. The quantitative estimate of drug-likeness (QED) is 0.690. The number of sulfonamides is 1. The summed E-state index contributed by atoms with van der Waals surface area (Å²) in [4.78, 5) is 23.9. The van der Waals surface area contributed by atoms with Gasteiger partial charge in [0.05, 0.1) is 5.41 Å². The van der Waals surface area contributed by atoms with E-state index in [1.165, 1.54) is 12.1 Å². The maximum Gasteiger partial charge on any atom is 0.287 e. The van der Waals surface area contributed by atoms with E-state index in [9.17, 15) is 18.0 Å². The summed E-state index contributed by atoms with van der Waals surface area (Å²) in [5.41, 5.74) is 4.07. The van der Waals surface area contributed by atoms with Crippen LogP contribution in [0.1, 0.15) is 57.0 Å². The van der Waals surface area contributed by atoms with Gasteiger partial charge in [0.25, 0.3) is 15.9 Å². The minimum atomic E-state index is -3.86. The number of furan rings is 1. The first kappa shape index (κ1) is 19.5. The Labute approximate surface area is 147 Å². The molecule has 0 atom stereocenters. The van der Waals surface area contributed by atoms with Crippen molar-refractivity contribution >= 4 is 21.8 Å². The van der Waals surface area contributed by atoms with Crippen LogP contribution in [0.25, 0.3) is 0 Å².